The molecule has 0 atom stereocenters. The van der Waals surface area contributed by atoms with Crippen molar-refractivity contribution in [1.82, 2.24) is 15.0 Å². The number of nitrogens with zero attached hydrogens (tertiary/aromatic N) is 2. The van der Waals surface area contributed by atoms with Crippen molar-refractivity contribution in [3.8, 4) is 0 Å². The molecule has 0 saturated carbocycles. The molecule has 0 unspecified atom stereocenters. The van der Waals surface area contributed by atoms with E-state index in [0.717, 1.165) is 4.88 Å². The van der Waals surface area contributed by atoms with Gasteiger partial charge in [-0.3, -0.25) is 14.6 Å². The summed E-state index contributed by atoms with van der Waals surface area (Å²) in [5.74, 6) is -0.659. The first-order valence-corrected chi connectivity index (χ1v) is 6.32. The summed E-state index contributed by atoms with van der Waals surface area (Å²) in [4.78, 5) is 34.0. The fourth-order valence-corrected chi connectivity index (χ4v) is 2.05. The third kappa shape index (κ3) is 3.35. The van der Waals surface area contributed by atoms with Crippen LogP contribution in [-0.2, 0) is 11.2 Å². The summed E-state index contributed by atoms with van der Waals surface area (Å²) < 4.78 is 0. The highest BCUT2D eigenvalue weighted by atomic mass is 32.1. The number of hydrogen-bond acceptors (Lipinski definition) is 5. The minimum Gasteiger partial charge on any atom is -0.481 e. The van der Waals surface area contributed by atoms with Crippen LogP contribution in [0.25, 0.3) is 12.2 Å². The van der Waals surface area contributed by atoms with E-state index in [1.807, 2.05) is 0 Å². The number of aromatic amines is 1. The SMILES string of the molecule is Cc1nc(/C=C/c2cncs2)[nH]c(=O)c1CC(=O)O. The van der Waals surface area contributed by atoms with Crippen molar-refractivity contribution in [1.29, 1.82) is 0 Å². The molecule has 0 aromatic carbocycles. The first-order chi connectivity index (χ1) is 9.06. The van der Waals surface area contributed by atoms with Crippen LogP contribution in [0.15, 0.2) is 16.5 Å². The number of aryl methyl sites for hydroxylation is 1. The Hall–Kier alpha value is -2.28. The second-order valence-corrected chi connectivity index (χ2v) is 4.74. The predicted molar refractivity (Wildman–Crippen MR) is 72.0 cm³/mol. The Bertz CT molecular complexity index is 674. The van der Waals surface area contributed by atoms with Gasteiger partial charge in [0.25, 0.3) is 5.56 Å². The lowest BCUT2D eigenvalue weighted by molar-refractivity contribution is -0.136. The fourth-order valence-electron chi connectivity index (χ4n) is 1.54. The lowest BCUT2D eigenvalue weighted by Crippen LogP contribution is -2.20. The molecule has 0 spiro atoms. The van der Waals surface area contributed by atoms with Gasteiger partial charge >= 0.3 is 5.97 Å². The molecule has 2 aromatic heterocycles. The number of nitrogens with one attached hydrogen (secondary N) is 1. The average molecular weight is 277 g/mol. The minimum absolute atomic E-state index is 0.183. The molecule has 2 aromatic rings. The smallest absolute Gasteiger partial charge is 0.308 e. The number of rotatable bonds is 4. The van der Waals surface area contributed by atoms with Gasteiger partial charge in [0.05, 0.1) is 11.9 Å². The summed E-state index contributed by atoms with van der Waals surface area (Å²) in [6, 6.07) is 0. The van der Waals surface area contributed by atoms with Gasteiger partial charge in [0.2, 0.25) is 0 Å². The predicted octanol–water partition coefficient (Wildman–Crippen LogP) is 1.33. The third-order valence-electron chi connectivity index (χ3n) is 2.43. The molecule has 0 bridgehead atoms. The maximum Gasteiger partial charge on any atom is 0.308 e. The van der Waals surface area contributed by atoms with Crippen LogP contribution in [-0.4, -0.2) is 26.0 Å². The maximum absolute atomic E-state index is 11.8. The van der Waals surface area contributed by atoms with Crippen LogP contribution in [0.4, 0.5) is 0 Å². The van der Waals surface area contributed by atoms with Crippen LogP contribution >= 0.6 is 11.3 Å². The van der Waals surface area contributed by atoms with Gasteiger partial charge in [-0.2, -0.15) is 0 Å². The van der Waals surface area contributed by atoms with Crippen molar-refractivity contribution >= 4 is 29.5 Å². The van der Waals surface area contributed by atoms with E-state index in [1.54, 1.807) is 30.8 Å². The van der Waals surface area contributed by atoms with Gasteiger partial charge in [0.15, 0.2) is 0 Å². The molecule has 98 valence electrons. The van der Waals surface area contributed by atoms with E-state index < -0.39 is 11.5 Å². The zero-order valence-corrected chi connectivity index (χ0v) is 10.9. The Balaban J connectivity index is 2.30. The van der Waals surface area contributed by atoms with E-state index in [9.17, 15) is 9.59 Å². The highest BCUT2D eigenvalue weighted by Gasteiger charge is 2.10. The summed E-state index contributed by atoms with van der Waals surface area (Å²) in [6.07, 6.45) is 4.82. The van der Waals surface area contributed by atoms with E-state index in [0.29, 0.717) is 11.5 Å². The number of aliphatic carboxylic acids is 1. The standard InChI is InChI=1S/C12H11N3O3S/c1-7-9(4-11(16)17)12(18)15-10(14-7)3-2-8-5-13-6-19-8/h2-3,5-6H,4H2,1H3,(H,16,17)(H,14,15,18)/b3-2+. The molecule has 0 aliphatic rings. The van der Waals surface area contributed by atoms with E-state index in [4.69, 9.17) is 5.11 Å². The molecule has 0 aliphatic heterocycles. The number of thiazole rings is 1. The number of H-pyrrole nitrogens is 1. The topological polar surface area (TPSA) is 95.9 Å². The van der Waals surface area contributed by atoms with Crippen LogP contribution in [0.3, 0.4) is 0 Å². The first kappa shape index (κ1) is 13.2. The lowest BCUT2D eigenvalue weighted by Gasteiger charge is -2.02. The molecular formula is C12H11N3O3S. The van der Waals surface area contributed by atoms with Crippen LogP contribution in [0.1, 0.15) is 22.0 Å². The van der Waals surface area contributed by atoms with Gasteiger partial charge in [0, 0.05) is 22.3 Å². The maximum atomic E-state index is 11.8. The van der Waals surface area contributed by atoms with E-state index in [2.05, 4.69) is 15.0 Å². The summed E-state index contributed by atoms with van der Waals surface area (Å²) in [7, 11) is 0. The molecule has 19 heavy (non-hydrogen) atoms. The molecular weight excluding hydrogens is 266 g/mol. The van der Waals surface area contributed by atoms with E-state index in [-0.39, 0.29) is 12.0 Å². The highest BCUT2D eigenvalue weighted by Crippen LogP contribution is 2.09. The number of carboxylic acids is 1. The van der Waals surface area contributed by atoms with Crippen molar-refractivity contribution in [2.75, 3.05) is 0 Å². The van der Waals surface area contributed by atoms with Crippen LogP contribution in [0.2, 0.25) is 0 Å². The highest BCUT2D eigenvalue weighted by molar-refractivity contribution is 7.10. The quantitative estimate of drug-likeness (QED) is 0.879. The molecule has 0 radical (unpaired) electrons. The van der Waals surface area contributed by atoms with Gasteiger partial charge in [-0.1, -0.05) is 0 Å². The summed E-state index contributed by atoms with van der Waals surface area (Å²) in [5.41, 5.74) is 1.90. The van der Waals surface area contributed by atoms with Gasteiger partial charge in [-0.25, -0.2) is 4.98 Å². The zero-order chi connectivity index (χ0) is 13.8. The van der Waals surface area contributed by atoms with Gasteiger partial charge in [-0.15, -0.1) is 11.3 Å². The number of aromatic nitrogens is 3. The molecule has 0 amide bonds. The largest absolute Gasteiger partial charge is 0.481 e. The lowest BCUT2D eigenvalue weighted by atomic mass is 10.2. The van der Waals surface area contributed by atoms with Gasteiger partial charge in [0.1, 0.15) is 5.82 Å². The Labute approximate surface area is 112 Å². The minimum atomic E-state index is -1.05. The Morgan fingerprint density at radius 1 is 1.53 bits per heavy atom. The van der Waals surface area contributed by atoms with E-state index in [1.165, 1.54) is 11.3 Å². The second kappa shape index (κ2) is 5.57. The Morgan fingerprint density at radius 2 is 2.32 bits per heavy atom. The summed E-state index contributed by atoms with van der Waals surface area (Å²) in [5, 5.41) is 8.71. The molecule has 0 aliphatic carbocycles. The van der Waals surface area contributed by atoms with Crippen molar-refractivity contribution in [2.24, 2.45) is 0 Å². The van der Waals surface area contributed by atoms with Crippen LogP contribution < -0.4 is 5.56 Å². The Morgan fingerprint density at radius 3 is 2.89 bits per heavy atom. The zero-order valence-electron chi connectivity index (χ0n) is 10.1. The molecule has 6 nitrogen and oxygen atoms in total. The first-order valence-electron chi connectivity index (χ1n) is 5.44. The Kier molecular flexibility index (Phi) is 3.86. The fraction of sp³-hybridized carbons (Fsp3) is 0.167. The molecule has 7 heteroatoms. The molecule has 0 fully saturated rings. The summed E-state index contributed by atoms with van der Waals surface area (Å²) >= 11 is 1.47. The summed E-state index contributed by atoms with van der Waals surface area (Å²) in [6.45, 7) is 1.62. The molecule has 2 rings (SSSR count). The molecule has 2 heterocycles. The van der Waals surface area contributed by atoms with Gasteiger partial charge in [-0.05, 0) is 19.1 Å². The van der Waals surface area contributed by atoms with E-state index >= 15 is 0 Å². The van der Waals surface area contributed by atoms with Crippen LogP contribution in [0.5, 0.6) is 0 Å². The molecule has 2 N–H and O–H groups in total. The van der Waals surface area contributed by atoms with Crippen molar-refractivity contribution in [3.63, 3.8) is 0 Å². The third-order valence-corrected chi connectivity index (χ3v) is 3.17. The molecule has 0 saturated heterocycles. The monoisotopic (exact) mass is 277 g/mol. The van der Waals surface area contributed by atoms with Crippen molar-refractivity contribution in [3.05, 3.63) is 44.0 Å². The second-order valence-electron chi connectivity index (χ2n) is 3.82. The number of carbonyl (C=O) groups is 1. The van der Waals surface area contributed by atoms with Crippen molar-refractivity contribution in [2.45, 2.75) is 13.3 Å². The average Bonchev–Trinajstić information content (AvgIpc) is 2.84. The normalized spacial score (nSPS) is 11.0. The number of carboxylic acid groups (broad SMARTS) is 1. The number of hydrogen-bond donors (Lipinski definition) is 2. The van der Waals surface area contributed by atoms with Gasteiger partial charge < -0.3 is 10.1 Å². The van der Waals surface area contributed by atoms with Crippen molar-refractivity contribution < 1.29 is 9.90 Å². The van der Waals surface area contributed by atoms with Crippen LogP contribution in [0, 0.1) is 6.92 Å².